The summed E-state index contributed by atoms with van der Waals surface area (Å²) in [5.41, 5.74) is -0.588. The Kier molecular flexibility index (Phi) is 5.34. The molecule has 9 nitrogen and oxygen atoms in total. The first-order valence-corrected chi connectivity index (χ1v) is 12.6. The van der Waals surface area contributed by atoms with Crippen molar-refractivity contribution >= 4 is 5.82 Å². The van der Waals surface area contributed by atoms with Crippen LogP contribution in [-0.2, 0) is 7.05 Å². The summed E-state index contributed by atoms with van der Waals surface area (Å²) < 4.78 is 30.6. The van der Waals surface area contributed by atoms with E-state index in [9.17, 15) is 14.3 Å². The smallest absolute Gasteiger partial charge is 0.350 e. The van der Waals surface area contributed by atoms with Gasteiger partial charge in [0.25, 0.3) is 0 Å². The third-order valence-electron chi connectivity index (χ3n) is 8.11. The van der Waals surface area contributed by atoms with E-state index >= 15 is 4.39 Å². The Morgan fingerprint density at radius 3 is 2.62 bits per heavy atom. The molecule has 11 heteroatoms. The number of halogens is 2. The normalized spacial score (nSPS) is 28.9. The molecule has 0 radical (unpaired) electrons. The molecule has 4 atom stereocenters. The van der Waals surface area contributed by atoms with E-state index in [1.54, 1.807) is 18.3 Å². The highest BCUT2D eigenvalue weighted by molar-refractivity contribution is 5.71. The van der Waals surface area contributed by atoms with E-state index in [0.29, 0.717) is 23.4 Å². The fourth-order valence-corrected chi connectivity index (χ4v) is 5.97. The molecule has 3 aliphatic rings. The van der Waals surface area contributed by atoms with Crippen molar-refractivity contribution in [3.05, 3.63) is 46.9 Å². The Labute approximate surface area is 212 Å². The van der Waals surface area contributed by atoms with Crippen LogP contribution in [0.2, 0.25) is 0 Å². The average Bonchev–Trinajstić information content (AvgIpc) is 3.66. The Hall–Kier alpha value is -3.47. The molecular weight excluding hydrogens is 480 g/mol. The first-order chi connectivity index (χ1) is 17.6. The van der Waals surface area contributed by atoms with E-state index in [0.717, 1.165) is 36.3 Å². The predicted molar refractivity (Wildman–Crippen MR) is 133 cm³/mol. The van der Waals surface area contributed by atoms with E-state index in [1.807, 2.05) is 6.92 Å². The lowest BCUT2D eigenvalue weighted by molar-refractivity contribution is 0.0831. The van der Waals surface area contributed by atoms with Crippen molar-refractivity contribution in [2.24, 2.45) is 7.05 Å². The lowest BCUT2D eigenvalue weighted by atomic mass is 9.82. The van der Waals surface area contributed by atoms with Gasteiger partial charge in [0.15, 0.2) is 17.6 Å². The first kappa shape index (κ1) is 23.9. The second-order valence-electron chi connectivity index (χ2n) is 11.1. The molecule has 37 heavy (non-hydrogen) atoms. The average molecular weight is 510 g/mol. The number of hydrogen-bond acceptors (Lipinski definition) is 8. The Morgan fingerprint density at radius 1 is 1.19 bits per heavy atom. The van der Waals surface area contributed by atoms with Crippen LogP contribution in [0.15, 0.2) is 35.3 Å². The molecule has 2 N–H and O–H groups in total. The second kappa shape index (κ2) is 8.27. The maximum Gasteiger partial charge on any atom is 0.350 e. The molecule has 194 valence electrons. The molecule has 3 fully saturated rings. The van der Waals surface area contributed by atoms with Crippen LogP contribution < -0.4 is 15.9 Å². The molecule has 3 aromatic rings. The predicted octanol–water partition coefficient (Wildman–Crippen LogP) is 3.12. The third-order valence-corrected chi connectivity index (χ3v) is 8.11. The lowest BCUT2D eigenvalue weighted by Gasteiger charge is -2.48. The van der Waals surface area contributed by atoms with E-state index in [1.165, 1.54) is 13.1 Å². The fourth-order valence-electron chi connectivity index (χ4n) is 5.97. The van der Waals surface area contributed by atoms with Crippen LogP contribution in [0, 0.1) is 5.95 Å². The molecule has 1 saturated carbocycles. The summed E-state index contributed by atoms with van der Waals surface area (Å²) in [4.78, 5) is 22.2. The highest BCUT2D eigenvalue weighted by Crippen LogP contribution is 2.47. The van der Waals surface area contributed by atoms with Crippen molar-refractivity contribution in [1.29, 1.82) is 0 Å². The fraction of sp³-hybridized carbons (Fsp3) is 0.500. The molecule has 2 bridgehead atoms. The summed E-state index contributed by atoms with van der Waals surface area (Å²) in [6, 6.07) is 5.58. The molecule has 2 aliphatic heterocycles. The highest BCUT2D eigenvalue weighted by Gasteiger charge is 2.58. The first-order valence-electron chi connectivity index (χ1n) is 12.6. The summed E-state index contributed by atoms with van der Waals surface area (Å²) in [6.45, 7) is 4.13. The Bertz CT molecular complexity index is 1430. The van der Waals surface area contributed by atoms with Crippen LogP contribution in [0.4, 0.5) is 14.6 Å². The Morgan fingerprint density at radius 2 is 1.97 bits per heavy atom. The molecule has 0 unspecified atom stereocenters. The molecule has 2 saturated heterocycles. The number of aromatic nitrogens is 5. The number of hydrogen-bond donors (Lipinski definition) is 2. The number of nitrogens with zero attached hydrogens (tertiary/aromatic N) is 6. The van der Waals surface area contributed by atoms with Crippen molar-refractivity contribution in [1.82, 2.24) is 30.0 Å². The van der Waals surface area contributed by atoms with Gasteiger partial charge in [0.1, 0.15) is 11.9 Å². The molecular formula is C26H29F2N7O2. The van der Waals surface area contributed by atoms with Gasteiger partial charge in [0.2, 0.25) is 0 Å². The minimum atomic E-state index is -1.05. The highest BCUT2D eigenvalue weighted by atomic mass is 19.1. The van der Waals surface area contributed by atoms with Crippen molar-refractivity contribution in [2.75, 3.05) is 4.90 Å². The largest absolute Gasteiger partial charge is 0.507 e. The number of anilines is 1. The van der Waals surface area contributed by atoms with Gasteiger partial charge in [-0.15, -0.1) is 10.2 Å². The van der Waals surface area contributed by atoms with Gasteiger partial charge in [0.05, 0.1) is 23.5 Å². The van der Waals surface area contributed by atoms with Crippen LogP contribution in [-0.4, -0.2) is 59.2 Å². The van der Waals surface area contributed by atoms with Crippen LogP contribution in [0.1, 0.15) is 46.0 Å². The maximum absolute atomic E-state index is 15.8. The van der Waals surface area contributed by atoms with Gasteiger partial charge in [-0.1, -0.05) is 6.07 Å². The number of piperidine rings is 1. The minimum absolute atomic E-state index is 0.107. The summed E-state index contributed by atoms with van der Waals surface area (Å²) in [5, 5.41) is 22.9. The number of phenolic OH excluding ortho intramolecular Hbond substituents is 1. The van der Waals surface area contributed by atoms with Crippen LogP contribution >= 0.6 is 0 Å². The quantitative estimate of drug-likeness (QED) is 0.505. The minimum Gasteiger partial charge on any atom is -0.507 e. The van der Waals surface area contributed by atoms with Crippen molar-refractivity contribution in [3.8, 4) is 28.4 Å². The zero-order valence-electron chi connectivity index (χ0n) is 20.9. The summed E-state index contributed by atoms with van der Waals surface area (Å²) in [7, 11) is 1.29. The maximum atomic E-state index is 15.8. The second-order valence-corrected chi connectivity index (χ2v) is 11.1. The van der Waals surface area contributed by atoms with E-state index in [4.69, 9.17) is 0 Å². The van der Waals surface area contributed by atoms with Gasteiger partial charge >= 0.3 is 5.69 Å². The number of phenols is 1. The standard InChI is InChI=1S/C26H29F2N7O2/c1-25-8-9-26(2,33-25)22(28)18(12-25)35(15-5-6-15)21-13-29-23(32-31-21)16-7-4-14(10-19(16)36)17-11-20(27)34(3)24(37)30-17/h4,7,10-11,13,15,18,22,33,36H,5-6,8-9,12H2,1-3H3/t18-,22-,25-,26+/m0/s1. The SMILES string of the molecule is Cn1c(F)cc(-c2ccc(-c3ncc(N(C4CC4)[C@H]4C[C@]5(C)CC[C@@](C)(N5)[C@H]4F)nn3)c(O)c2)nc1=O. The van der Waals surface area contributed by atoms with Crippen LogP contribution in [0.3, 0.4) is 0 Å². The van der Waals surface area contributed by atoms with E-state index in [2.05, 4.69) is 37.3 Å². The van der Waals surface area contributed by atoms with Gasteiger partial charge in [-0.25, -0.2) is 14.2 Å². The van der Waals surface area contributed by atoms with Gasteiger partial charge in [0, 0.05) is 35.8 Å². The number of fused-ring (bicyclic) bond motifs is 2. The van der Waals surface area contributed by atoms with Gasteiger partial charge < -0.3 is 15.3 Å². The van der Waals surface area contributed by atoms with Crippen LogP contribution in [0.5, 0.6) is 5.75 Å². The van der Waals surface area contributed by atoms with Crippen molar-refractivity contribution < 1.29 is 13.9 Å². The monoisotopic (exact) mass is 509 g/mol. The lowest BCUT2D eigenvalue weighted by Crippen LogP contribution is -2.66. The van der Waals surface area contributed by atoms with Gasteiger partial charge in [-0.2, -0.15) is 9.37 Å². The summed E-state index contributed by atoms with van der Waals surface area (Å²) >= 11 is 0. The topological polar surface area (TPSA) is 109 Å². The molecule has 0 spiro atoms. The van der Waals surface area contributed by atoms with Crippen molar-refractivity contribution in [3.63, 3.8) is 0 Å². The number of rotatable bonds is 5. The molecule has 1 aromatic carbocycles. The Balaban J connectivity index is 1.28. The number of benzene rings is 1. The van der Waals surface area contributed by atoms with Gasteiger partial charge in [-0.05, 0) is 58.1 Å². The zero-order valence-corrected chi connectivity index (χ0v) is 20.9. The van der Waals surface area contributed by atoms with Crippen molar-refractivity contribution in [2.45, 2.75) is 75.3 Å². The zero-order chi connectivity index (χ0) is 26.1. The molecule has 6 rings (SSSR count). The van der Waals surface area contributed by atoms with Crippen LogP contribution in [0.25, 0.3) is 22.6 Å². The number of alkyl halides is 1. The van der Waals surface area contributed by atoms with E-state index < -0.39 is 23.3 Å². The molecule has 1 aliphatic carbocycles. The molecule has 0 amide bonds. The number of nitrogens with one attached hydrogen (secondary N) is 1. The van der Waals surface area contributed by atoms with E-state index in [-0.39, 0.29) is 34.9 Å². The molecule has 2 aromatic heterocycles. The molecule has 4 heterocycles. The third kappa shape index (κ3) is 4.05. The number of aromatic hydroxyl groups is 1. The van der Waals surface area contributed by atoms with Gasteiger partial charge in [-0.3, -0.25) is 4.57 Å². The summed E-state index contributed by atoms with van der Waals surface area (Å²) in [5.74, 6) is -0.160. The summed E-state index contributed by atoms with van der Waals surface area (Å²) in [6.07, 6.45) is 4.93.